The fraction of sp³-hybridized carbons (Fsp3) is 0.231. The number of carbonyl (C=O) groups excluding carboxylic acids is 2. The molecule has 5 nitrogen and oxygen atoms in total. The molecule has 0 unspecified atom stereocenters. The zero-order valence-corrected chi connectivity index (χ0v) is 19.4. The number of hydrogen-bond donors (Lipinski definition) is 2. The number of hydrogen-bond acceptors (Lipinski definition) is 3. The fourth-order valence-corrected chi connectivity index (χ4v) is 3.79. The predicted octanol–water partition coefficient (Wildman–Crippen LogP) is 5.98. The van der Waals surface area contributed by atoms with E-state index in [2.05, 4.69) is 38.7 Å². The molecule has 4 rings (SSSR count). The molecule has 1 fully saturated rings. The number of nitrogens with one attached hydrogen (secondary N) is 2. The van der Waals surface area contributed by atoms with Gasteiger partial charge in [0.1, 0.15) is 5.75 Å². The minimum Gasteiger partial charge on any atom is -0.492 e. The summed E-state index contributed by atoms with van der Waals surface area (Å²) in [5, 5.41) is 5.86. The van der Waals surface area contributed by atoms with Gasteiger partial charge in [0.15, 0.2) is 0 Å². The normalized spacial score (nSPS) is 12.8. The molecular weight excluding hydrogens is 468 g/mol. The highest BCUT2D eigenvalue weighted by atomic mass is 79.9. The van der Waals surface area contributed by atoms with E-state index in [1.165, 1.54) is 5.56 Å². The summed E-state index contributed by atoms with van der Waals surface area (Å²) >= 11 is 3.50. The van der Waals surface area contributed by atoms with Crippen LogP contribution in [0, 0.1) is 12.8 Å². The number of halogens is 1. The Hall–Kier alpha value is -3.12. The fourth-order valence-electron chi connectivity index (χ4n) is 3.30. The van der Waals surface area contributed by atoms with E-state index in [0.29, 0.717) is 23.6 Å². The molecule has 0 radical (unpaired) electrons. The minimum atomic E-state index is -0.232. The molecule has 2 N–H and O–H groups in total. The van der Waals surface area contributed by atoms with Crippen molar-refractivity contribution in [1.82, 2.24) is 0 Å². The Morgan fingerprint density at radius 1 is 1.00 bits per heavy atom. The standard InChI is InChI=1S/C26H25BrN2O3/c1-17-7-11-21(16-23(17)29-25(30)19-8-9-19)28-26(31)20-10-12-24(22(27)15-20)32-14-13-18-5-3-2-4-6-18/h2-7,10-12,15-16,19H,8-9,13-14H2,1H3,(H,28,31)(H,29,30). The van der Waals surface area contributed by atoms with E-state index in [4.69, 9.17) is 4.74 Å². The van der Waals surface area contributed by atoms with Gasteiger partial charge in [-0.15, -0.1) is 0 Å². The molecule has 3 aromatic rings. The molecule has 0 atom stereocenters. The van der Waals surface area contributed by atoms with Gasteiger partial charge in [0.05, 0.1) is 11.1 Å². The highest BCUT2D eigenvalue weighted by molar-refractivity contribution is 9.10. The highest BCUT2D eigenvalue weighted by Gasteiger charge is 2.29. The summed E-state index contributed by atoms with van der Waals surface area (Å²) in [4.78, 5) is 24.8. The Balaban J connectivity index is 1.37. The second-order valence-corrected chi connectivity index (χ2v) is 8.83. The molecule has 2 amide bonds. The van der Waals surface area contributed by atoms with E-state index < -0.39 is 0 Å². The molecule has 0 bridgehead atoms. The molecule has 0 aromatic heterocycles. The largest absolute Gasteiger partial charge is 0.492 e. The average Bonchev–Trinajstić information content (AvgIpc) is 3.63. The van der Waals surface area contributed by atoms with Crippen LogP contribution < -0.4 is 15.4 Å². The summed E-state index contributed by atoms with van der Waals surface area (Å²) in [6.45, 7) is 2.48. The summed E-state index contributed by atoms with van der Waals surface area (Å²) in [6, 6.07) is 20.9. The van der Waals surface area contributed by atoms with E-state index in [1.54, 1.807) is 24.3 Å². The SMILES string of the molecule is Cc1ccc(NC(=O)c2ccc(OCCc3ccccc3)c(Br)c2)cc1NC(=O)C1CC1. The van der Waals surface area contributed by atoms with Gasteiger partial charge in [-0.2, -0.15) is 0 Å². The number of rotatable bonds is 8. The van der Waals surface area contributed by atoms with Gasteiger partial charge in [0, 0.05) is 29.3 Å². The van der Waals surface area contributed by atoms with E-state index in [0.717, 1.165) is 35.0 Å². The van der Waals surface area contributed by atoms with Crippen molar-refractivity contribution in [3.05, 3.63) is 87.9 Å². The van der Waals surface area contributed by atoms with Crippen LogP contribution in [0.2, 0.25) is 0 Å². The zero-order valence-electron chi connectivity index (χ0n) is 17.9. The Labute approximate surface area is 196 Å². The molecule has 164 valence electrons. The molecule has 0 heterocycles. The lowest BCUT2D eigenvalue weighted by Crippen LogP contribution is -2.15. The number of anilines is 2. The first kappa shape index (κ1) is 22.1. The lowest BCUT2D eigenvalue weighted by Gasteiger charge is -2.12. The Morgan fingerprint density at radius 2 is 1.78 bits per heavy atom. The second kappa shape index (κ2) is 10.0. The van der Waals surface area contributed by atoms with Crippen LogP contribution in [-0.2, 0) is 11.2 Å². The zero-order chi connectivity index (χ0) is 22.5. The van der Waals surface area contributed by atoms with E-state index in [-0.39, 0.29) is 17.7 Å². The molecule has 1 saturated carbocycles. The monoisotopic (exact) mass is 492 g/mol. The molecule has 0 aliphatic heterocycles. The molecule has 0 saturated heterocycles. The summed E-state index contributed by atoms with van der Waals surface area (Å²) in [5.41, 5.74) is 4.03. The van der Waals surface area contributed by atoms with Gasteiger partial charge in [0.25, 0.3) is 5.91 Å². The first-order chi connectivity index (χ1) is 15.5. The van der Waals surface area contributed by atoms with Crippen LogP contribution in [0.4, 0.5) is 11.4 Å². The van der Waals surface area contributed by atoms with Gasteiger partial charge >= 0.3 is 0 Å². The number of benzene rings is 3. The lowest BCUT2D eigenvalue weighted by atomic mass is 10.1. The number of aryl methyl sites for hydroxylation is 1. The Bertz CT molecular complexity index is 1130. The van der Waals surface area contributed by atoms with E-state index in [9.17, 15) is 9.59 Å². The number of carbonyl (C=O) groups is 2. The van der Waals surface area contributed by atoms with Crippen molar-refractivity contribution < 1.29 is 14.3 Å². The van der Waals surface area contributed by atoms with Gasteiger partial charge in [-0.3, -0.25) is 9.59 Å². The molecular formula is C26H25BrN2O3. The van der Waals surface area contributed by atoms with Crippen molar-refractivity contribution in [1.29, 1.82) is 0 Å². The predicted molar refractivity (Wildman–Crippen MR) is 130 cm³/mol. The molecule has 0 spiro atoms. The van der Waals surface area contributed by atoms with Gasteiger partial charge in [-0.1, -0.05) is 36.4 Å². The van der Waals surface area contributed by atoms with Crippen molar-refractivity contribution in [2.75, 3.05) is 17.2 Å². The molecule has 3 aromatic carbocycles. The summed E-state index contributed by atoms with van der Waals surface area (Å²) in [7, 11) is 0. The molecule has 1 aliphatic rings. The van der Waals surface area contributed by atoms with Crippen molar-refractivity contribution >= 4 is 39.1 Å². The van der Waals surface area contributed by atoms with Crippen LogP contribution in [0.25, 0.3) is 0 Å². The summed E-state index contributed by atoms with van der Waals surface area (Å²) < 4.78 is 6.59. The summed E-state index contributed by atoms with van der Waals surface area (Å²) in [5.74, 6) is 0.629. The van der Waals surface area contributed by atoms with Crippen LogP contribution in [0.5, 0.6) is 5.75 Å². The summed E-state index contributed by atoms with van der Waals surface area (Å²) in [6.07, 6.45) is 2.70. The third kappa shape index (κ3) is 5.77. The van der Waals surface area contributed by atoms with Crippen LogP contribution in [-0.4, -0.2) is 18.4 Å². The van der Waals surface area contributed by atoms with E-state index in [1.807, 2.05) is 37.3 Å². The quantitative estimate of drug-likeness (QED) is 0.406. The smallest absolute Gasteiger partial charge is 0.255 e. The van der Waals surface area contributed by atoms with Crippen molar-refractivity contribution in [3.8, 4) is 5.75 Å². The number of ether oxygens (including phenoxy) is 1. The maximum absolute atomic E-state index is 12.8. The third-order valence-corrected chi connectivity index (χ3v) is 6.01. The highest BCUT2D eigenvalue weighted by Crippen LogP contribution is 2.31. The first-order valence-corrected chi connectivity index (χ1v) is 11.5. The van der Waals surface area contributed by atoms with Gasteiger partial charge in [0.2, 0.25) is 5.91 Å². The van der Waals surface area contributed by atoms with Crippen LogP contribution in [0.15, 0.2) is 71.2 Å². The maximum Gasteiger partial charge on any atom is 0.255 e. The van der Waals surface area contributed by atoms with Crippen LogP contribution in [0.1, 0.15) is 34.3 Å². The Kier molecular flexibility index (Phi) is 6.90. The maximum atomic E-state index is 12.8. The first-order valence-electron chi connectivity index (χ1n) is 10.7. The lowest BCUT2D eigenvalue weighted by molar-refractivity contribution is -0.117. The third-order valence-electron chi connectivity index (χ3n) is 5.39. The molecule has 6 heteroatoms. The average molecular weight is 493 g/mol. The van der Waals surface area contributed by atoms with Gasteiger partial charge < -0.3 is 15.4 Å². The van der Waals surface area contributed by atoms with Gasteiger partial charge in [-0.05, 0) is 77.2 Å². The molecule has 1 aliphatic carbocycles. The topological polar surface area (TPSA) is 67.4 Å². The second-order valence-electron chi connectivity index (χ2n) is 7.98. The number of amides is 2. The van der Waals surface area contributed by atoms with E-state index >= 15 is 0 Å². The van der Waals surface area contributed by atoms with Crippen molar-refractivity contribution in [2.24, 2.45) is 5.92 Å². The van der Waals surface area contributed by atoms with Crippen LogP contribution in [0.3, 0.4) is 0 Å². The molecule has 32 heavy (non-hydrogen) atoms. The van der Waals surface area contributed by atoms with Crippen molar-refractivity contribution in [2.45, 2.75) is 26.2 Å². The van der Waals surface area contributed by atoms with Crippen LogP contribution >= 0.6 is 15.9 Å². The van der Waals surface area contributed by atoms with Crippen molar-refractivity contribution in [3.63, 3.8) is 0 Å². The van der Waals surface area contributed by atoms with Gasteiger partial charge in [-0.25, -0.2) is 0 Å². The minimum absolute atomic E-state index is 0.0448. The Morgan fingerprint density at radius 3 is 2.50 bits per heavy atom.